The summed E-state index contributed by atoms with van der Waals surface area (Å²) in [6.45, 7) is 0.492. The Morgan fingerprint density at radius 3 is 2.83 bits per heavy atom. The van der Waals surface area contributed by atoms with E-state index in [0.717, 1.165) is 5.56 Å². The summed E-state index contributed by atoms with van der Waals surface area (Å²) in [5, 5.41) is 20.0. The fourth-order valence-electron chi connectivity index (χ4n) is 1.30. The van der Waals surface area contributed by atoms with Crippen LogP contribution in [0.2, 0.25) is 0 Å². The number of rotatable bonds is 6. The number of carbonyl (C=O) groups is 2. The van der Waals surface area contributed by atoms with Gasteiger partial charge in [0.25, 0.3) is 0 Å². The van der Waals surface area contributed by atoms with Crippen LogP contribution in [0.1, 0.15) is 12.0 Å². The van der Waals surface area contributed by atoms with Crippen LogP contribution in [0.25, 0.3) is 0 Å². The van der Waals surface area contributed by atoms with Gasteiger partial charge in [-0.1, -0.05) is 0 Å². The number of carboxylic acid groups (broad SMARTS) is 1. The summed E-state index contributed by atoms with van der Waals surface area (Å²) in [6.07, 6.45) is 1.58. The van der Waals surface area contributed by atoms with Crippen molar-refractivity contribution < 1.29 is 24.2 Å². The lowest BCUT2D eigenvalue weighted by molar-refractivity contribution is -0.146. The molecule has 0 aromatic carbocycles. The molecule has 0 saturated carbocycles. The molecule has 1 aromatic rings. The van der Waals surface area contributed by atoms with Gasteiger partial charge in [0.15, 0.2) is 6.10 Å². The van der Waals surface area contributed by atoms with Crippen molar-refractivity contribution in [3.63, 3.8) is 0 Å². The molecule has 0 aliphatic carbocycles. The molecule has 0 saturated heterocycles. The van der Waals surface area contributed by atoms with Crippen LogP contribution in [0.15, 0.2) is 23.0 Å². The van der Waals surface area contributed by atoms with E-state index in [0.29, 0.717) is 6.54 Å². The van der Waals surface area contributed by atoms with Crippen LogP contribution in [0.5, 0.6) is 0 Å². The molecule has 7 nitrogen and oxygen atoms in total. The molecule has 1 aromatic heterocycles. The monoisotopic (exact) mass is 256 g/mol. The SMILES string of the molecule is CN(Cc1ccoc1)C(=O)NCC[C@H](O)C(=O)O. The lowest BCUT2D eigenvalue weighted by atomic mass is 10.2. The summed E-state index contributed by atoms with van der Waals surface area (Å²) in [4.78, 5) is 23.3. The topological polar surface area (TPSA) is 103 Å². The summed E-state index contributed by atoms with van der Waals surface area (Å²) in [6, 6.07) is 1.41. The largest absolute Gasteiger partial charge is 0.479 e. The van der Waals surface area contributed by atoms with Crippen LogP contribution >= 0.6 is 0 Å². The summed E-state index contributed by atoms with van der Waals surface area (Å²) >= 11 is 0. The number of furan rings is 1. The Morgan fingerprint density at radius 1 is 1.56 bits per heavy atom. The van der Waals surface area contributed by atoms with Gasteiger partial charge >= 0.3 is 12.0 Å². The lowest BCUT2D eigenvalue weighted by Crippen LogP contribution is -2.38. The number of nitrogens with zero attached hydrogens (tertiary/aromatic N) is 1. The maximum atomic E-state index is 11.6. The van der Waals surface area contributed by atoms with E-state index in [1.54, 1.807) is 13.1 Å². The molecule has 0 bridgehead atoms. The Bertz CT molecular complexity index is 390. The van der Waals surface area contributed by atoms with Crippen molar-refractivity contribution >= 4 is 12.0 Å². The van der Waals surface area contributed by atoms with Gasteiger partial charge in [0.05, 0.1) is 19.1 Å². The van der Waals surface area contributed by atoms with Crippen LogP contribution in [0.3, 0.4) is 0 Å². The van der Waals surface area contributed by atoms with Crippen LogP contribution in [0.4, 0.5) is 4.79 Å². The highest BCUT2D eigenvalue weighted by Gasteiger charge is 2.14. The second-order valence-electron chi connectivity index (χ2n) is 3.86. The van der Waals surface area contributed by atoms with Gasteiger partial charge in [-0.3, -0.25) is 0 Å². The predicted octanol–water partition coefficient (Wildman–Crippen LogP) is 0.257. The molecule has 3 N–H and O–H groups in total. The van der Waals surface area contributed by atoms with Crippen molar-refractivity contribution in [1.29, 1.82) is 0 Å². The molecule has 0 aliphatic rings. The maximum absolute atomic E-state index is 11.6. The van der Waals surface area contributed by atoms with Crippen LogP contribution < -0.4 is 5.32 Å². The van der Waals surface area contributed by atoms with Crippen molar-refractivity contribution in [1.82, 2.24) is 10.2 Å². The van der Waals surface area contributed by atoms with E-state index in [4.69, 9.17) is 14.6 Å². The molecule has 0 fully saturated rings. The van der Waals surface area contributed by atoms with Gasteiger partial charge in [0, 0.05) is 25.6 Å². The first-order chi connectivity index (χ1) is 8.50. The summed E-state index contributed by atoms with van der Waals surface area (Å²) in [5.74, 6) is -1.30. The Hall–Kier alpha value is -2.02. The van der Waals surface area contributed by atoms with Crippen molar-refractivity contribution in [2.24, 2.45) is 0 Å². The molecular formula is C11H16N2O5. The number of nitrogens with one attached hydrogen (secondary N) is 1. The second-order valence-corrected chi connectivity index (χ2v) is 3.86. The molecule has 2 amide bonds. The number of carbonyl (C=O) groups excluding carboxylic acids is 1. The zero-order valence-electron chi connectivity index (χ0n) is 10.00. The highest BCUT2D eigenvalue weighted by atomic mass is 16.4. The molecule has 18 heavy (non-hydrogen) atoms. The Balaban J connectivity index is 2.26. The first kappa shape index (κ1) is 14.0. The van der Waals surface area contributed by atoms with E-state index in [9.17, 15) is 9.59 Å². The summed E-state index contributed by atoms with van der Waals surface area (Å²) in [5.41, 5.74) is 0.859. The highest BCUT2D eigenvalue weighted by Crippen LogP contribution is 2.03. The van der Waals surface area contributed by atoms with Gasteiger partial charge in [-0.15, -0.1) is 0 Å². The predicted molar refractivity (Wildman–Crippen MR) is 61.8 cm³/mol. The molecule has 7 heteroatoms. The first-order valence-electron chi connectivity index (χ1n) is 5.41. The zero-order chi connectivity index (χ0) is 13.5. The third kappa shape index (κ3) is 4.46. The minimum atomic E-state index is -1.45. The summed E-state index contributed by atoms with van der Waals surface area (Å²) in [7, 11) is 1.61. The molecular weight excluding hydrogens is 240 g/mol. The van der Waals surface area contributed by atoms with Crippen molar-refractivity contribution in [2.75, 3.05) is 13.6 Å². The van der Waals surface area contributed by atoms with Gasteiger partial charge in [-0.05, 0) is 6.07 Å². The fraction of sp³-hybridized carbons (Fsp3) is 0.455. The van der Waals surface area contributed by atoms with E-state index in [2.05, 4.69) is 5.32 Å². The summed E-state index contributed by atoms with van der Waals surface area (Å²) < 4.78 is 4.88. The van der Waals surface area contributed by atoms with E-state index >= 15 is 0 Å². The normalized spacial score (nSPS) is 11.9. The van der Waals surface area contributed by atoms with Gasteiger partial charge in [0.2, 0.25) is 0 Å². The standard InChI is InChI=1S/C11H16N2O5/c1-13(6-8-3-5-18-7-8)11(17)12-4-2-9(14)10(15)16/h3,5,7,9,14H,2,4,6H2,1H3,(H,12,17)(H,15,16)/t9-/m0/s1. The number of aliphatic hydroxyl groups is 1. The number of hydrogen-bond donors (Lipinski definition) is 3. The molecule has 0 radical (unpaired) electrons. The molecule has 1 rings (SSSR count). The molecule has 0 unspecified atom stereocenters. The smallest absolute Gasteiger partial charge is 0.332 e. The van der Waals surface area contributed by atoms with Crippen molar-refractivity contribution in [3.05, 3.63) is 24.2 Å². The minimum Gasteiger partial charge on any atom is -0.479 e. The second kappa shape index (κ2) is 6.65. The van der Waals surface area contributed by atoms with E-state index in [1.807, 2.05) is 0 Å². The average Bonchev–Trinajstić information content (AvgIpc) is 2.81. The number of carboxylic acids is 1. The Kier molecular flexibility index (Phi) is 5.19. The highest BCUT2D eigenvalue weighted by molar-refractivity contribution is 5.74. The number of aliphatic carboxylic acids is 1. The molecule has 1 atom stereocenters. The minimum absolute atomic E-state index is 0.0272. The fourth-order valence-corrected chi connectivity index (χ4v) is 1.30. The van der Waals surface area contributed by atoms with Crippen molar-refractivity contribution in [3.8, 4) is 0 Å². The van der Waals surface area contributed by atoms with Crippen LogP contribution in [0, 0.1) is 0 Å². The molecule has 0 spiro atoms. The first-order valence-corrected chi connectivity index (χ1v) is 5.41. The van der Waals surface area contributed by atoms with Crippen LogP contribution in [-0.4, -0.2) is 46.8 Å². The van der Waals surface area contributed by atoms with Crippen molar-refractivity contribution in [2.45, 2.75) is 19.1 Å². The van der Waals surface area contributed by atoms with Gasteiger partial charge in [-0.25, -0.2) is 9.59 Å². The third-order valence-electron chi connectivity index (χ3n) is 2.33. The van der Waals surface area contributed by atoms with Gasteiger partial charge in [-0.2, -0.15) is 0 Å². The Morgan fingerprint density at radius 2 is 2.28 bits per heavy atom. The van der Waals surface area contributed by atoms with E-state index in [1.165, 1.54) is 17.4 Å². The number of aliphatic hydroxyl groups excluding tert-OH is 1. The molecule has 0 aliphatic heterocycles. The maximum Gasteiger partial charge on any atom is 0.332 e. The van der Waals surface area contributed by atoms with Gasteiger partial charge in [0.1, 0.15) is 0 Å². The quantitative estimate of drug-likeness (QED) is 0.677. The molecule has 100 valence electrons. The number of hydrogen-bond acceptors (Lipinski definition) is 4. The zero-order valence-corrected chi connectivity index (χ0v) is 10.00. The third-order valence-corrected chi connectivity index (χ3v) is 2.33. The Labute approximate surface area is 104 Å². The number of urea groups is 1. The average molecular weight is 256 g/mol. The van der Waals surface area contributed by atoms with E-state index < -0.39 is 12.1 Å². The van der Waals surface area contributed by atoms with Gasteiger partial charge < -0.3 is 24.8 Å². The van der Waals surface area contributed by atoms with Crippen LogP contribution in [-0.2, 0) is 11.3 Å². The number of amides is 2. The lowest BCUT2D eigenvalue weighted by Gasteiger charge is -2.17. The van der Waals surface area contributed by atoms with E-state index in [-0.39, 0.29) is 19.0 Å². The molecule has 1 heterocycles.